The number of hydrogen-bond donors (Lipinski definition) is 1. The average Bonchev–Trinajstić information content (AvgIpc) is 2.84. The number of ether oxygens (including phenoxy) is 2. The highest BCUT2D eigenvalue weighted by Crippen LogP contribution is 2.37. The molecule has 1 aromatic carbocycles. The number of esters is 1. The fourth-order valence-electron chi connectivity index (χ4n) is 1.52. The molecule has 0 saturated heterocycles. The van der Waals surface area contributed by atoms with E-state index in [0.717, 1.165) is 11.3 Å². The molecule has 1 N–H and O–H groups in total. The molecular formula is C12H11ClN2O4S. The molecule has 0 aliphatic heterocycles. The molecular weight excluding hydrogens is 304 g/mol. The highest BCUT2D eigenvalue weighted by molar-refractivity contribution is 7.23. The Morgan fingerprint density at radius 2 is 2.20 bits per heavy atom. The van der Waals surface area contributed by atoms with Gasteiger partial charge in [-0.2, -0.15) is 0 Å². The zero-order chi connectivity index (χ0) is 14.7. The number of halogens is 1. The molecule has 0 aliphatic rings. The minimum Gasteiger partial charge on any atom is -0.494 e. The topological polar surface area (TPSA) is 77.5 Å². The van der Waals surface area contributed by atoms with Crippen LogP contribution in [0.1, 0.15) is 6.92 Å². The molecule has 0 aliphatic carbocycles. The van der Waals surface area contributed by atoms with Crippen LogP contribution >= 0.6 is 22.9 Å². The third-order valence-electron chi connectivity index (χ3n) is 2.36. The maximum Gasteiger partial charge on any atom is 0.397 e. The Morgan fingerprint density at radius 3 is 2.85 bits per heavy atom. The number of methoxy groups -OCH3 is 1. The third kappa shape index (κ3) is 2.83. The summed E-state index contributed by atoms with van der Waals surface area (Å²) in [6.07, 6.45) is 0. The predicted octanol–water partition coefficient (Wildman–Crippen LogP) is 2.46. The fraction of sp³-hybridized carbons (Fsp3) is 0.250. The van der Waals surface area contributed by atoms with Crippen molar-refractivity contribution in [1.82, 2.24) is 4.98 Å². The molecule has 20 heavy (non-hydrogen) atoms. The van der Waals surface area contributed by atoms with Crippen LogP contribution in [0.15, 0.2) is 12.1 Å². The lowest BCUT2D eigenvalue weighted by molar-refractivity contribution is -0.152. The van der Waals surface area contributed by atoms with Crippen molar-refractivity contribution in [2.24, 2.45) is 0 Å². The van der Waals surface area contributed by atoms with Gasteiger partial charge in [0.1, 0.15) is 11.3 Å². The number of thiazole rings is 1. The zero-order valence-electron chi connectivity index (χ0n) is 10.7. The normalized spacial score (nSPS) is 10.3. The van der Waals surface area contributed by atoms with Crippen LogP contribution in [0.25, 0.3) is 10.2 Å². The second-order valence-electron chi connectivity index (χ2n) is 3.62. The summed E-state index contributed by atoms with van der Waals surface area (Å²) in [5.41, 5.74) is 0.532. The molecule has 1 aromatic heterocycles. The van der Waals surface area contributed by atoms with E-state index in [1.807, 2.05) is 0 Å². The van der Waals surface area contributed by atoms with E-state index in [-0.39, 0.29) is 11.7 Å². The summed E-state index contributed by atoms with van der Waals surface area (Å²) in [4.78, 5) is 27.0. The van der Waals surface area contributed by atoms with Crippen LogP contribution in [0.2, 0.25) is 5.02 Å². The van der Waals surface area contributed by atoms with E-state index in [1.165, 1.54) is 7.11 Å². The minimum atomic E-state index is -0.954. The maximum absolute atomic E-state index is 11.5. The Hall–Kier alpha value is -1.86. The Kier molecular flexibility index (Phi) is 4.41. The van der Waals surface area contributed by atoms with E-state index in [9.17, 15) is 9.59 Å². The number of nitrogens with zero attached hydrogens (tertiary/aromatic N) is 1. The molecule has 0 spiro atoms. The van der Waals surface area contributed by atoms with Crippen molar-refractivity contribution in [3.8, 4) is 5.75 Å². The Bertz CT molecular complexity index is 671. The number of nitrogens with one attached hydrogen (secondary N) is 1. The van der Waals surface area contributed by atoms with Gasteiger partial charge in [-0.25, -0.2) is 9.78 Å². The van der Waals surface area contributed by atoms with Gasteiger partial charge in [-0.3, -0.25) is 10.1 Å². The molecule has 2 rings (SSSR count). The summed E-state index contributed by atoms with van der Waals surface area (Å²) < 4.78 is 10.4. The molecule has 1 heterocycles. The first kappa shape index (κ1) is 14.5. The number of carbonyl (C=O) groups excluding carboxylic acids is 2. The van der Waals surface area contributed by atoms with Crippen molar-refractivity contribution < 1.29 is 19.1 Å². The number of amides is 1. The van der Waals surface area contributed by atoms with Crippen LogP contribution in [-0.2, 0) is 14.3 Å². The monoisotopic (exact) mass is 314 g/mol. The second-order valence-corrected chi connectivity index (χ2v) is 5.03. The van der Waals surface area contributed by atoms with E-state index in [4.69, 9.17) is 16.3 Å². The first-order valence-electron chi connectivity index (χ1n) is 5.68. The summed E-state index contributed by atoms with van der Waals surface area (Å²) in [5, 5.41) is 3.12. The molecule has 0 unspecified atom stereocenters. The van der Waals surface area contributed by atoms with Crippen LogP contribution in [0.3, 0.4) is 0 Å². The van der Waals surface area contributed by atoms with Gasteiger partial charge in [-0.1, -0.05) is 22.9 Å². The summed E-state index contributed by atoms with van der Waals surface area (Å²) >= 11 is 7.21. The zero-order valence-corrected chi connectivity index (χ0v) is 12.3. The van der Waals surface area contributed by atoms with Crippen molar-refractivity contribution in [3.05, 3.63) is 17.2 Å². The Balaban J connectivity index is 2.30. The van der Waals surface area contributed by atoms with Crippen LogP contribution in [0.4, 0.5) is 5.13 Å². The van der Waals surface area contributed by atoms with Crippen molar-refractivity contribution in [3.63, 3.8) is 0 Å². The van der Waals surface area contributed by atoms with Gasteiger partial charge in [0.05, 0.1) is 23.4 Å². The molecule has 6 nitrogen and oxygen atoms in total. The van der Waals surface area contributed by atoms with E-state index in [2.05, 4.69) is 15.0 Å². The van der Waals surface area contributed by atoms with Gasteiger partial charge in [0, 0.05) is 0 Å². The van der Waals surface area contributed by atoms with Crippen molar-refractivity contribution in [2.75, 3.05) is 19.0 Å². The number of fused-ring (bicyclic) bond motifs is 1. The van der Waals surface area contributed by atoms with Crippen molar-refractivity contribution in [2.45, 2.75) is 6.92 Å². The van der Waals surface area contributed by atoms with Gasteiger partial charge >= 0.3 is 11.9 Å². The lowest BCUT2D eigenvalue weighted by Gasteiger charge is -2.00. The summed E-state index contributed by atoms with van der Waals surface area (Å²) in [6, 6.07) is 3.36. The Labute approximate surface area is 123 Å². The number of carbonyl (C=O) groups is 2. The predicted molar refractivity (Wildman–Crippen MR) is 76.4 cm³/mol. The van der Waals surface area contributed by atoms with Crippen LogP contribution in [-0.4, -0.2) is 30.6 Å². The molecule has 8 heteroatoms. The van der Waals surface area contributed by atoms with Gasteiger partial charge < -0.3 is 9.47 Å². The summed E-state index contributed by atoms with van der Waals surface area (Å²) in [6.45, 7) is 1.75. The van der Waals surface area contributed by atoms with E-state index in [1.54, 1.807) is 19.1 Å². The van der Waals surface area contributed by atoms with Crippen LogP contribution < -0.4 is 10.1 Å². The van der Waals surface area contributed by atoms with E-state index >= 15 is 0 Å². The second kappa shape index (κ2) is 6.06. The molecule has 1 amide bonds. The van der Waals surface area contributed by atoms with Gasteiger partial charge in [0.25, 0.3) is 0 Å². The number of anilines is 1. The van der Waals surface area contributed by atoms with Gasteiger partial charge in [-0.15, -0.1) is 0 Å². The molecule has 2 aromatic rings. The number of benzene rings is 1. The van der Waals surface area contributed by atoms with Crippen LogP contribution in [0.5, 0.6) is 5.75 Å². The van der Waals surface area contributed by atoms with E-state index in [0.29, 0.717) is 21.0 Å². The fourth-order valence-corrected chi connectivity index (χ4v) is 2.67. The lowest BCUT2D eigenvalue weighted by Crippen LogP contribution is -2.24. The van der Waals surface area contributed by atoms with Crippen molar-refractivity contribution in [1.29, 1.82) is 0 Å². The first-order valence-corrected chi connectivity index (χ1v) is 6.87. The first-order chi connectivity index (χ1) is 9.56. The quantitative estimate of drug-likeness (QED) is 0.695. The summed E-state index contributed by atoms with van der Waals surface area (Å²) in [5.74, 6) is -1.29. The minimum absolute atomic E-state index is 0.131. The van der Waals surface area contributed by atoms with Crippen LogP contribution in [0, 0.1) is 0 Å². The average molecular weight is 315 g/mol. The molecule has 0 fully saturated rings. The standard InChI is InChI=1S/C12H11ClN2O4S/c1-3-19-11(17)10(16)15-12-14-8-7(18-2)5-4-6(13)9(8)20-12/h4-5H,3H2,1-2H3,(H,14,15,16). The molecule has 0 saturated carbocycles. The van der Waals surface area contributed by atoms with Crippen molar-refractivity contribution >= 4 is 50.2 Å². The molecule has 0 radical (unpaired) electrons. The highest BCUT2D eigenvalue weighted by Gasteiger charge is 2.18. The lowest BCUT2D eigenvalue weighted by atomic mass is 10.3. The molecule has 0 atom stereocenters. The Morgan fingerprint density at radius 1 is 1.45 bits per heavy atom. The largest absolute Gasteiger partial charge is 0.494 e. The van der Waals surface area contributed by atoms with E-state index < -0.39 is 11.9 Å². The smallest absolute Gasteiger partial charge is 0.397 e. The van der Waals surface area contributed by atoms with Gasteiger partial charge in [-0.05, 0) is 19.1 Å². The number of hydrogen-bond acceptors (Lipinski definition) is 6. The SMILES string of the molecule is CCOC(=O)C(=O)Nc1nc2c(OC)ccc(Cl)c2s1. The molecule has 0 bridgehead atoms. The van der Waals surface area contributed by atoms with Gasteiger partial charge in [0.2, 0.25) is 0 Å². The summed E-state index contributed by atoms with van der Waals surface area (Å²) in [7, 11) is 1.51. The number of aromatic nitrogens is 1. The van der Waals surface area contributed by atoms with Gasteiger partial charge in [0.15, 0.2) is 5.13 Å². The highest BCUT2D eigenvalue weighted by atomic mass is 35.5. The molecule has 106 valence electrons. The maximum atomic E-state index is 11.5. The number of rotatable bonds is 3. The third-order valence-corrected chi connectivity index (χ3v) is 3.79.